The standard InChI is InChI=1S/C34H19BN2O2/c1-2-10-20(11-3-1)36-26-19-18-22-21-12-4-7-15-25(21)37-31(22)30(26)35(29-23-13-5-8-16-27(23)39-34(29)37)33-32(36)24-14-6-9-17-28(24)38-33/h1-19H. The lowest BCUT2D eigenvalue weighted by Gasteiger charge is -2.36. The lowest BCUT2D eigenvalue weighted by Crippen LogP contribution is -2.59. The van der Waals surface area contributed by atoms with E-state index in [1.807, 2.05) is 12.1 Å². The molecule has 5 heterocycles. The maximum atomic E-state index is 6.84. The molecular weight excluding hydrogens is 479 g/mol. The van der Waals surface area contributed by atoms with Crippen LogP contribution in [0.25, 0.3) is 49.6 Å². The molecule has 5 heteroatoms. The molecule has 0 radical (unpaired) electrons. The minimum absolute atomic E-state index is 0.0958. The molecular formula is C34H19BN2O2. The van der Waals surface area contributed by atoms with Crippen molar-refractivity contribution in [2.45, 2.75) is 0 Å². The number of rotatable bonds is 1. The molecule has 0 atom stereocenters. The number of hydrogen-bond donors (Lipinski definition) is 0. The van der Waals surface area contributed by atoms with Crippen LogP contribution in [0.4, 0.5) is 17.1 Å². The van der Waals surface area contributed by atoms with E-state index in [0.717, 1.165) is 50.4 Å². The van der Waals surface area contributed by atoms with Gasteiger partial charge in [-0.2, -0.15) is 0 Å². The fourth-order valence-electron chi connectivity index (χ4n) is 7.11. The SMILES string of the molecule is c1ccc(N2c3ccc4c5ccccc5n5c4c3B(c3oc4ccccc4c32)c2c-5oc3ccccc23)cc1. The molecule has 39 heavy (non-hydrogen) atoms. The molecule has 0 saturated heterocycles. The smallest absolute Gasteiger partial charge is 0.302 e. The van der Waals surface area contributed by atoms with E-state index in [1.165, 1.54) is 32.9 Å². The van der Waals surface area contributed by atoms with Gasteiger partial charge in [-0.25, -0.2) is 0 Å². The molecule has 0 bridgehead atoms. The Hall–Kier alpha value is -5.16. The minimum atomic E-state index is -0.0958. The lowest BCUT2D eigenvalue weighted by molar-refractivity contribution is 0.592. The second kappa shape index (κ2) is 6.83. The summed E-state index contributed by atoms with van der Waals surface area (Å²) in [5.41, 5.74) is 10.9. The molecule has 3 aromatic heterocycles. The Balaban J connectivity index is 1.47. The molecule has 0 amide bonds. The van der Waals surface area contributed by atoms with Crippen LogP contribution < -0.4 is 21.5 Å². The summed E-state index contributed by atoms with van der Waals surface area (Å²) in [6.45, 7) is -0.0958. The summed E-state index contributed by atoms with van der Waals surface area (Å²) in [6, 6.07) is 40.6. The molecule has 0 unspecified atom stereocenters. The van der Waals surface area contributed by atoms with E-state index in [1.54, 1.807) is 0 Å². The van der Waals surface area contributed by atoms with Gasteiger partial charge in [-0.05, 0) is 47.9 Å². The van der Waals surface area contributed by atoms with E-state index in [-0.39, 0.29) is 6.71 Å². The van der Waals surface area contributed by atoms with Gasteiger partial charge >= 0.3 is 6.71 Å². The molecule has 8 aromatic rings. The normalized spacial score (nSPS) is 13.5. The van der Waals surface area contributed by atoms with Crippen LogP contribution in [0.3, 0.4) is 0 Å². The molecule has 180 valence electrons. The Kier molecular flexibility index (Phi) is 3.48. The average Bonchev–Trinajstić information content (AvgIpc) is 3.67. The highest BCUT2D eigenvalue weighted by atomic mass is 16.4. The van der Waals surface area contributed by atoms with Crippen LogP contribution in [0, 0.1) is 0 Å². The molecule has 10 rings (SSSR count). The van der Waals surface area contributed by atoms with Crippen molar-refractivity contribution in [3.63, 3.8) is 0 Å². The summed E-state index contributed by atoms with van der Waals surface area (Å²) >= 11 is 0. The summed E-state index contributed by atoms with van der Waals surface area (Å²) < 4.78 is 15.9. The highest BCUT2D eigenvalue weighted by Gasteiger charge is 2.47. The molecule has 2 aliphatic rings. The molecule has 5 aromatic carbocycles. The monoisotopic (exact) mass is 498 g/mol. The third kappa shape index (κ3) is 2.29. The van der Waals surface area contributed by atoms with E-state index in [2.05, 4.69) is 113 Å². The lowest BCUT2D eigenvalue weighted by atomic mass is 9.36. The van der Waals surface area contributed by atoms with E-state index in [9.17, 15) is 0 Å². The van der Waals surface area contributed by atoms with Crippen LogP contribution in [-0.4, -0.2) is 11.3 Å². The van der Waals surface area contributed by atoms with E-state index in [0.29, 0.717) is 0 Å². The fraction of sp³-hybridized carbons (Fsp3) is 0. The molecule has 0 N–H and O–H groups in total. The maximum absolute atomic E-state index is 6.84. The van der Waals surface area contributed by atoms with Gasteiger partial charge in [0.1, 0.15) is 11.2 Å². The Morgan fingerprint density at radius 2 is 1.23 bits per heavy atom. The highest BCUT2D eigenvalue weighted by Crippen LogP contribution is 2.45. The third-order valence-corrected chi connectivity index (χ3v) is 8.58. The molecule has 2 aliphatic heterocycles. The predicted octanol–water partition coefficient (Wildman–Crippen LogP) is 6.89. The molecule has 0 saturated carbocycles. The van der Waals surface area contributed by atoms with Crippen molar-refractivity contribution in [2.24, 2.45) is 0 Å². The molecule has 0 aliphatic carbocycles. The first-order valence-corrected chi connectivity index (χ1v) is 13.3. The quantitative estimate of drug-likeness (QED) is 0.231. The summed E-state index contributed by atoms with van der Waals surface area (Å²) in [6.07, 6.45) is 0. The molecule has 0 fully saturated rings. The van der Waals surface area contributed by atoms with Crippen LogP contribution in [-0.2, 0) is 0 Å². The van der Waals surface area contributed by atoms with Crippen molar-refractivity contribution in [3.05, 3.63) is 115 Å². The summed E-state index contributed by atoms with van der Waals surface area (Å²) in [5, 5.41) is 4.70. The zero-order valence-corrected chi connectivity index (χ0v) is 20.8. The molecule has 0 spiro atoms. The second-order valence-corrected chi connectivity index (χ2v) is 10.5. The van der Waals surface area contributed by atoms with Crippen LogP contribution in [0.2, 0.25) is 0 Å². The highest BCUT2D eigenvalue weighted by molar-refractivity contribution is 7.01. The van der Waals surface area contributed by atoms with Gasteiger partial charge in [0, 0.05) is 38.4 Å². The van der Waals surface area contributed by atoms with Gasteiger partial charge in [0.05, 0.1) is 22.4 Å². The van der Waals surface area contributed by atoms with Crippen molar-refractivity contribution in [2.75, 3.05) is 4.90 Å². The molecule has 4 nitrogen and oxygen atoms in total. The zero-order valence-electron chi connectivity index (χ0n) is 20.8. The first-order valence-electron chi connectivity index (χ1n) is 13.3. The van der Waals surface area contributed by atoms with E-state index >= 15 is 0 Å². The number of aromatic nitrogens is 1. The minimum Gasteiger partial charge on any atom is -0.468 e. The van der Waals surface area contributed by atoms with Gasteiger partial charge in [0.25, 0.3) is 0 Å². The van der Waals surface area contributed by atoms with Crippen molar-refractivity contribution in [1.29, 1.82) is 0 Å². The largest absolute Gasteiger partial charge is 0.468 e. The third-order valence-electron chi connectivity index (χ3n) is 8.58. The van der Waals surface area contributed by atoms with Crippen molar-refractivity contribution < 1.29 is 8.83 Å². The Morgan fingerprint density at radius 1 is 0.538 bits per heavy atom. The Bertz CT molecular complexity index is 2310. The van der Waals surface area contributed by atoms with Gasteiger partial charge in [0.2, 0.25) is 5.88 Å². The fourth-order valence-corrected chi connectivity index (χ4v) is 7.11. The second-order valence-electron chi connectivity index (χ2n) is 10.5. The Labute approximate surface area is 223 Å². The number of hydrogen-bond acceptors (Lipinski definition) is 3. The number of para-hydroxylation sites is 4. The summed E-state index contributed by atoms with van der Waals surface area (Å²) in [7, 11) is 0. The number of anilines is 3. The van der Waals surface area contributed by atoms with E-state index < -0.39 is 0 Å². The average molecular weight is 498 g/mol. The van der Waals surface area contributed by atoms with Crippen molar-refractivity contribution in [3.8, 4) is 5.88 Å². The number of benzene rings is 5. The van der Waals surface area contributed by atoms with Crippen LogP contribution >= 0.6 is 0 Å². The number of furan rings is 2. The topological polar surface area (TPSA) is 34.5 Å². The van der Waals surface area contributed by atoms with Crippen molar-refractivity contribution >= 4 is 84.1 Å². The van der Waals surface area contributed by atoms with Gasteiger partial charge < -0.3 is 13.7 Å². The van der Waals surface area contributed by atoms with Gasteiger partial charge in [-0.1, -0.05) is 72.8 Å². The van der Waals surface area contributed by atoms with Crippen LogP contribution in [0.15, 0.2) is 124 Å². The first-order chi connectivity index (χ1) is 19.4. The van der Waals surface area contributed by atoms with Gasteiger partial charge in [-0.15, -0.1) is 0 Å². The first kappa shape index (κ1) is 19.9. The summed E-state index contributed by atoms with van der Waals surface area (Å²) in [5.74, 6) is 0.886. The Morgan fingerprint density at radius 3 is 2.08 bits per heavy atom. The maximum Gasteiger partial charge on any atom is 0.302 e. The van der Waals surface area contributed by atoms with Gasteiger partial charge in [-0.3, -0.25) is 4.57 Å². The van der Waals surface area contributed by atoms with Crippen LogP contribution in [0.1, 0.15) is 0 Å². The van der Waals surface area contributed by atoms with Crippen molar-refractivity contribution in [1.82, 2.24) is 4.57 Å². The van der Waals surface area contributed by atoms with Crippen LogP contribution in [0.5, 0.6) is 0 Å². The number of nitrogens with zero attached hydrogens (tertiary/aromatic N) is 2. The predicted molar refractivity (Wildman–Crippen MR) is 160 cm³/mol. The van der Waals surface area contributed by atoms with E-state index in [4.69, 9.17) is 8.83 Å². The summed E-state index contributed by atoms with van der Waals surface area (Å²) in [4.78, 5) is 2.39. The van der Waals surface area contributed by atoms with Gasteiger partial charge in [0.15, 0.2) is 0 Å². The zero-order chi connectivity index (χ0) is 25.2. The number of fused-ring (bicyclic) bond motifs is 12.